The molecule has 1 rings (SSSR count). The van der Waals surface area contributed by atoms with Gasteiger partial charge >= 0.3 is 0 Å². The Morgan fingerprint density at radius 3 is 2.33 bits per heavy atom. The molecule has 0 radical (unpaired) electrons. The van der Waals surface area contributed by atoms with E-state index in [-0.39, 0.29) is 17.6 Å². The van der Waals surface area contributed by atoms with E-state index in [0.29, 0.717) is 6.07 Å². The van der Waals surface area contributed by atoms with Gasteiger partial charge in [0.1, 0.15) is 11.9 Å². The first-order valence-corrected chi connectivity index (χ1v) is 5.52. The summed E-state index contributed by atoms with van der Waals surface area (Å²) in [6.45, 7) is 5.01. The van der Waals surface area contributed by atoms with Crippen LogP contribution in [0.5, 0.6) is 0 Å². The second kappa shape index (κ2) is 5.75. The van der Waals surface area contributed by atoms with Crippen molar-refractivity contribution in [2.75, 3.05) is 5.32 Å². The number of halogens is 3. The molecule has 2 N–H and O–H groups in total. The highest BCUT2D eigenvalue weighted by Gasteiger charge is 2.17. The molecule has 0 aliphatic rings. The van der Waals surface area contributed by atoms with Gasteiger partial charge in [-0.2, -0.15) is 0 Å². The summed E-state index contributed by atoms with van der Waals surface area (Å²) in [7, 11) is 0. The van der Waals surface area contributed by atoms with Gasteiger partial charge in [0.15, 0.2) is 11.6 Å². The normalized spacial score (nSPS) is 12.4. The molecule has 100 valence electrons. The fourth-order valence-corrected chi connectivity index (χ4v) is 1.37. The zero-order valence-electron chi connectivity index (χ0n) is 10.4. The van der Waals surface area contributed by atoms with Crippen LogP contribution in [-0.4, -0.2) is 18.0 Å². The third-order valence-corrected chi connectivity index (χ3v) is 2.19. The molecule has 1 amide bonds. The summed E-state index contributed by atoms with van der Waals surface area (Å²) in [5, 5.41) is 5.03. The lowest BCUT2D eigenvalue weighted by molar-refractivity contribution is -0.122. The van der Waals surface area contributed by atoms with Gasteiger partial charge in [-0.3, -0.25) is 4.79 Å². The molecule has 1 unspecified atom stereocenters. The summed E-state index contributed by atoms with van der Waals surface area (Å²) in [4.78, 5) is 11.6. The number of hydrogen-bond donors (Lipinski definition) is 2. The summed E-state index contributed by atoms with van der Waals surface area (Å²) in [5.41, 5.74) is -0.376. The second-order valence-corrected chi connectivity index (χ2v) is 4.28. The van der Waals surface area contributed by atoms with Crippen molar-refractivity contribution >= 4 is 11.6 Å². The highest BCUT2D eigenvalue weighted by Crippen LogP contribution is 2.19. The van der Waals surface area contributed by atoms with E-state index in [1.807, 2.05) is 0 Å². The minimum Gasteiger partial charge on any atom is -0.371 e. The first-order chi connectivity index (χ1) is 8.31. The Bertz CT molecular complexity index is 449. The van der Waals surface area contributed by atoms with Gasteiger partial charge in [-0.1, -0.05) is 0 Å². The quantitative estimate of drug-likeness (QED) is 0.816. The summed E-state index contributed by atoms with van der Waals surface area (Å²) in [6.07, 6.45) is 0. The number of anilines is 1. The van der Waals surface area contributed by atoms with Gasteiger partial charge in [-0.25, -0.2) is 13.2 Å². The van der Waals surface area contributed by atoms with Gasteiger partial charge in [0, 0.05) is 18.2 Å². The Labute approximate surface area is 103 Å². The first-order valence-electron chi connectivity index (χ1n) is 5.52. The summed E-state index contributed by atoms with van der Waals surface area (Å²) >= 11 is 0. The van der Waals surface area contributed by atoms with Crippen LogP contribution in [0.15, 0.2) is 12.1 Å². The number of rotatable bonds is 4. The Hall–Kier alpha value is -1.72. The molecule has 1 aromatic rings. The molecular formula is C12H15F3N2O. The monoisotopic (exact) mass is 260 g/mol. The van der Waals surface area contributed by atoms with E-state index in [1.54, 1.807) is 13.8 Å². The molecule has 0 fully saturated rings. The molecule has 0 aromatic heterocycles. The SMILES string of the molecule is CC(C)NC(=O)C(C)Nc1cc(F)cc(F)c1F. The molecule has 0 aliphatic heterocycles. The second-order valence-electron chi connectivity index (χ2n) is 4.28. The van der Waals surface area contributed by atoms with E-state index < -0.39 is 23.5 Å². The van der Waals surface area contributed by atoms with E-state index in [1.165, 1.54) is 6.92 Å². The predicted octanol–water partition coefficient (Wildman–Crippen LogP) is 2.43. The zero-order valence-corrected chi connectivity index (χ0v) is 10.4. The molecule has 0 bridgehead atoms. The fourth-order valence-electron chi connectivity index (χ4n) is 1.37. The lowest BCUT2D eigenvalue weighted by Crippen LogP contribution is -2.41. The van der Waals surface area contributed by atoms with Crippen LogP contribution in [0.1, 0.15) is 20.8 Å². The maximum Gasteiger partial charge on any atom is 0.242 e. The van der Waals surface area contributed by atoms with Crippen molar-refractivity contribution in [1.29, 1.82) is 0 Å². The third kappa shape index (κ3) is 3.65. The van der Waals surface area contributed by atoms with Crippen molar-refractivity contribution in [2.45, 2.75) is 32.9 Å². The van der Waals surface area contributed by atoms with Gasteiger partial charge in [0.25, 0.3) is 0 Å². The molecule has 0 saturated carbocycles. The maximum atomic E-state index is 13.3. The molecule has 0 aliphatic carbocycles. The predicted molar refractivity (Wildman–Crippen MR) is 62.7 cm³/mol. The molecule has 0 heterocycles. The highest BCUT2D eigenvalue weighted by molar-refractivity contribution is 5.84. The van der Waals surface area contributed by atoms with Crippen molar-refractivity contribution in [1.82, 2.24) is 5.32 Å². The Morgan fingerprint density at radius 2 is 1.78 bits per heavy atom. The number of amides is 1. The van der Waals surface area contributed by atoms with E-state index in [2.05, 4.69) is 10.6 Å². The maximum absolute atomic E-state index is 13.3. The number of benzene rings is 1. The highest BCUT2D eigenvalue weighted by atomic mass is 19.2. The summed E-state index contributed by atoms with van der Waals surface area (Å²) in [6, 6.07) is 0.371. The van der Waals surface area contributed by atoms with Crippen molar-refractivity contribution in [3.8, 4) is 0 Å². The van der Waals surface area contributed by atoms with Crippen molar-refractivity contribution < 1.29 is 18.0 Å². The molecule has 0 saturated heterocycles. The van der Waals surface area contributed by atoms with Gasteiger partial charge < -0.3 is 10.6 Å². The molecule has 1 aromatic carbocycles. The van der Waals surface area contributed by atoms with Crippen molar-refractivity contribution in [3.63, 3.8) is 0 Å². The number of nitrogens with one attached hydrogen (secondary N) is 2. The Morgan fingerprint density at radius 1 is 1.17 bits per heavy atom. The largest absolute Gasteiger partial charge is 0.371 e. The number of carbonyl (C=O) groups excluding carboxylic acids is 1. The van der Waals surface area contributed by atoms with Gasteiger partial charge in [0.05, 0.1) is 5.69 Å². The Kier molecular flexibility index (Phi) is 4.58. The number of carbonyl (C=O) groups is 1. The molecule has 0 spiro atoms. The van der Waals surface area contributed by atoms with Crippen molar-refractivity contribution in [3.05, 3.63) is 29.6 Å². The van der Waals surface area contributed by atoms with E-state index >= 15 is 0 Å². The number of hydrogen-bond acceptors (Lipinski definition) is 2. The van der Waals surface area contributed by atoms with E-state index in [4.69, 9.17) is 0 Å². The first kappa shape index (κ1) is 14.3. The molecular weight excluding hydrogens is 245 g/mol. The van der Waals surface area contributed by atoms with E-state index in [9.17, 15) is 18.0 Å². The van der Waals surface area contributed by atoms with Crippen LogP contribution >= 0.6 is 0 Å². The average molecular weight is 260 g/mol. The van der Waals surface area contributed by atoms with Crippen LogP contribution in [0.3, 0.4) is 0 Å². The minimum absolute atomic E-state index is 0.0733. The lowest BCUT2D eigenvalue weighted by atomic mass is 10.2. The molecule has 1 atom stereocenters. The van der Waals surface area contributed by atoms with Crippen LogP contribution in [-0.2, 0) is 4.79 Å². The fraction of sp³-hybridized carbons (Fsp3) is 0.417. The molecule has 3 nitrogen and oxygen atoms in total. The summed E-state index contributed by atoms with van der Waals surface area (Å²) in [5.74, 6) is -3.79. The van der Waals surface area contributed by atoms with Crippen molar-refractivity contribution in [2.24, 2.45) is 0 Å². The lowest BCUT2D eigenvalue weighted by Gasteiger charge is -2.17. The van der Waals surface area contributed by atoms with Gasteiger partial charge in [-0.05, 0) is 20.8 Å². The average Bonchev–Trinajstić information content (AvgIpc) is 2.24. The van der Waals surface area contributed by atoms with Crippen LogP contribution in [0.25, 0.3) is 0 Å². The van der Waals surface area contributed by atoms with E-state index in [0.717, 1.165) is 6.07 Å². The molecule has 6 heteroatoms. The third-order valence-electron chi connectivity index (χ3n) is 2.19. The van der Waals surface area contributed by atoms with Gasteiger partial charge in [0.2, 0.25) is 5.91 Å². The summed E-state index contributed by atoms with van der Waals surface area (Å²) < 4.78 is 39.2. The van der Waals surface area contributed by atoms with Gasteiger partial charge in [-0.15, -0.1) is 0 Å². The zero-order chi connectivity index (χ0) is 13.9. The smallest absolute Gasteiger partial charge is 0.242 e. The Balaban J connectivity index is 2.81. The van der Waals surface area contributed by atoms with Crippen LogP contribution in [0, 0.1) is 17.5 Å². The van der Waals surface area contributed by atoms with Crippen LogP contribution in [0.2, 0.25) is 0 Å². The standard InChI is InChI=1S/C12H15F3N2O/c1-6(2)16-12(18)7(3)17-10-5-8(13)4-9(14)11(10)15/h4-7,17H,1-3H3,(H,16,18). The minimum atomic E-state index is -1.30. The van der Waals surface area contributed by atoms with Crippen LogP contribution < -0.4 is 10.6 Å². The van der Waals surface area contributed by atoms with Crippen LogP contribution in [0.4, 0.5) is 18.9 Å². The molecule has 18 heavy (non-hydrogen) atoms. The topological polar surface area (TPSA) is 41.1 Å².